The molecule has 1 aliphatic rings. The first-order valence-electron chi connectivity index (χ1n) is 19.7. The van der Waals surface area contributed by atoms with E-state index in [4.69, 9.17) is 0 Å². The molecule has 2 heteroatoms. The van der Waals surface area contributed by atoms with Crippen LogP contribution in [0.15, 0.2) is 231 Å². The Hall–Kier alpha value is -7.42. The van der Waals surface area contributed by atoms with Gasteiger partial charge in [0.15, 0.2) is 0 Å². The van der Waals surface area contributed by atoms with Crippen LogP contribution in [0.3, 0.4) is 0 Å². The molecular formula is C55H38N2. The highest BCUT2D eigenvalue weighted by Gasteiger charge is 2.46. The average Bonchev–Trinajstić information content (AvgIpc) is 3.78. The van der Waals surface area contributed by atoms with Gasteiger partial charge in [0.25, 0.3) is 0 Å². The highest BCUT2D eigenvalue weighted by atomic mass is 15.1. The van der Waals surface area contributed by atoms with E-state index in [1.165, 1.54) is 66.3 Å². The molecule has 0 spiro atoms. The second-order valence-electron chi connectivity index (χ2n) is 14.9. The van der Waals surface area contributed by atoms with Crippen molar-refractivity contribution in [3.8, 4) is 27.9 Å². The molecule has 10 aromatic rings. The Bertz CT molecular complexity index is 3060. The van der Waals surface area contributed by atoms with E-state index in [0.29, 0.717) is 0 Å². The fourth-order valence-electron chi connectivity index (χ4n) is 9.42. The lowest BCUT2D eigenvalue weighted by Crippen LogP contribution is -2.29. The van der Waals surface area contributed by atoms with Crippen molar-refractivity contribution in [2.75, 3.05) is 4.90 Å². The zero-order valence-corrected chi connectivity index (χ0v) is 31.3. The Morgan fingerprint density at radius 1 is 0.333 bits per heavy atom. The van der Waals surface area contributed by atoms with Crippen LogP contribution in [0, 0.1) is 0 Å². The monoisotopic (exact) mass is 726 g/mol. The van der Waals surface area contributed by atoms with Crippen LogP contribution in [0.2, 0.25) is 0 Å². The topological polar surface area (TPSA) is 8.17 Å². The summed E-state index contributed by atoms with van der Waals surface area (Å²) in [5.41, 5.74) is 16.3. The molecule has 1 aromatic heterocycles. The molecular weight excluding hydrogens is 689 g/mol. The summed E-state index contributed by atoms with van der Waals surface area (Å²) in [6, 6.07) is 84.3. The Labute approximate surface area is 333 Å². The first-order valence-corrected chi connectivity index (χ1v) is 19.7. The summed E-state index contributed by atoms with van der Waals surface area (Å²) in [7, 11) is 0. The molecule has 1 aliphatic carbocycles. The molecule has 268 valence electrons. The van der Waals surface area contributed by atoms with Crippen molar-refractivity contribution in [2.45, 2.75) is 5.41 Å². The fourth-order valence-corrected chi connectivity index (χ4v) is 9.42. The summed E-state index contributed by atoms with van der Waals surface area (Å²) in [5.74, 6) is 0. The number of anilines is 3. The van der Waals surface area contributed by atoms with Crippen LogP contribution in [0.1, 0.15) is 22.3 Å². The van der Waals surface area contributed by atoms with Gasteiger partial charge >= 0.3 is 0 Å². The number of hydrogen-bond donors (Lipinski definition) is 0. The third-order valence-electron chi connectivity index (χ3n) is 11.8. The smallest absolute Gasteiger partial charge is 0.0714 e. The van der Waals surface area contributed by atoms with Crippen LogP contribution in [-0.4, -0.2) is 4.57 Å². The second kappa shape index (κ2) is 13.4. The van der Waals surface area contributed by atoms with Crippen molar-refractivity contribution in [1.29, 1.82) is 0 Å². The van der Waals surface area contributed by atoms with E-state index in [0.717, 1.165) is 22.7 Å². The third kappa shape index (κ3) is 5.18. The minimum Gasteiger partial charge on any atom is -0.310 e. The summed E-state index contributed by atoms with van der Waals surface area (Å²) >= 11 is 0. The van der Waals surface area contributed by atoms with Crippen molar-refractivity contribution in [3.05, 3.63) is 253 Å². The average molecular weight is 727 g/mol. The van der Waals surface area contributed by atoms with Gasteiger partial charge < -0.3 is 9.47 Å². The van der Waals surface area contributed by atoms with Gasteiger partial charge in [-0.25, -0.2) is 0 Å². The highest BCUT2D eigenvalue weighted by Crippen LogP contribution is 2.57. The molecule has 0 N–H and O–H groups in total. The summed E-state index contributed by atoms with van der Waals surface area (Å²) in [5, 5.41) is 2.48. The van der Waals surface area contributed by atoms with Crippen LogP contribution >= 0.6 is 0 Å². The van der Waals surface area contributed by atoms with Crippen molar-refractivity contribution in [3.63, 3.8) is 0 Å². The van der Waals surface area contributed by atoms with Gasteiger partial charge in [0.05, 0.1) is 16.4 Å². The van der Waals surface area contributed by atoms with Gasteiger partial charge in [-0.3, -0.25) is 0 Å². The van der Waals surface area contributed by atoms with Crippen LogP contribution in [0.4, 0.5) is 17.1 Å². The lowest BCUT2D eigenvalue weighted by molar-refractivity contribution is 0.769. The summed E-state index contributed by atoms with van der Waals surface area (Å²) in [4.78, 5) is 2.42. The Morgan fingerprint density at radius 3 is 1.72 bits per heavy atom. The van der Waals surface area contributed by atoms with Crippen LogP contribution < -0.4 is 4.90 Å². The minimum atomic E-state index is -0.556. The number of hydrogen-bond acceptors (Lipinski definition) is 1. The van der Waals surface area contributed by atoms with E-state index in [-0.39, 0.29) is 0 Å². The lowest BCUT2D eigenvalue weighted by atomic mass is 9.67. The molecule has 1 heterocycles. The first kappa shape index (κ1) is 33.0. The van der Waals surface area contributed by atoms with Gasteiger partial charge in [-0.2, -0.15) is 0 Å². The van der Waals surface area contributed by atoms with E-state index in [1.54, 1.807) is 0 Å². The molecule has 0 radical (unpaired) electrons. The summed E-state index contributed by atoms with van der Waals surface area (Å²) in [6.07, 6.45) is 0. The molecule has 57 heavy (non-hydrogen) atoms. The maximum Gasteiger partial charge on any atom is 0.0714 e. The molecule has 0 amide bonds. The van der Waals surface area contributed by atoms with E-state index >= 15 is 0 Å². The number of para-hydroxylation sites is 3. The predicted octanol–water partition coefficient (Wildman–Crippen LogP) is 14.3. The SMILES string of the molecule is c1ccc(-c2cccc(C3(c4ccccc4)c4ccccc4-c4ccc(N(c5ccccc5)c5ccc6c7ccccc7n(-c7ccccc7)c6c5)cc43)c2)cc1. The summed E-state index contributed by atoms with van der Waals surface area (Å²) < 4.78 is 2.40. The molecule has 1 unspecified atom stereocenters. The molecule has 0 saturated carbocycles. The van der Waals surface area contributed by atoms with Gasteiger partial charge in [-0.05, 0) is 105 Å². The van der Waals surface area contributed by atoms with Gasteiger partial charge in [0, 0.05) is 33.5 Å². The maximum absolute atomic E-state index is 2.46. The van der Waals surface area contributed by atoms with Crippen LogP contribution in [0.25, 0.3) is 49.7 Å². The Morgan fingerprint density at radius 2 is 0.912 bits per heavy atom. The number of rotatable bonds is 7. The van der Waals surface area contributed by atoms with E-state index in [1.807, 2.05) is 0 Å². The second-order valence-corrected chi connectivity index (χ2v) is 14.9. The molecule has 0 aliphatic heterocycles. The molecule has 0 fully saturated rings. The van der Waals surface area contributed by atoms with Gasteiger partial charge in [0.1, 0.15) is 0 Å². The van der Waals surface area contributed by atoms with Gasteiger partial charge in [0.2, 0.25) is 0 Å². The fraction of sp³-hybridized carbons (Fsp3) is 0.0182. The number of aromatic nitrogens is 1. The van der Waals surface area contributed by atoms with Crippen molar-refractivity contribution >= 4 is 38.9 Å². The molecule has 11 rings (SSSR count). The van der Waals surface area contributed by atoms with Crippen LogP contribution in [-0.2, 0) is 5.41 Å². The summed E-state index contributed by atoms with van der Waals surface area (Å²) in [6.45, 7) is 0. The predicted molar refractivity (Wildman–Crippen MR) is 238 cm³/mol. The van der Waals surface area contributed by atoms with E-state index in [9.17, 15) is 0 Å². The Balaban J connectivity index is 1.18. The number of benzene rings is 9. The van der Waals surface area contributed by atoms with E-state index < -0.39 is 5.41 Å². The first-order chi connectivity index (χ1) is 28.3. The zero-order chi connectivity index (χ0) is 37.8. The largest absolute Gasteiger partial charge is 0.310 e. The minimum absolute atomic E-state index is 0.556. The lowest BCUT2D eigenvalue weighted by Gasteiger charge is -2.35. The number of fused-ring (bicyclic) bond motifs is 6. The molecule has 1 atom stereocenters. The normalized spacial score (nSPS) is 14.4. The van der Waals surface area contributed by atoms with Crippen molar-refractivity contribution in [2.24, 2.45) is 0 Å². The van der Waals surface area contributed by atoms with Crippen molar-refractivity contribution in [1.82, 2.24) is 4.57 Å². The quantitative estimate of drug-likeness (QED) is 0.159. The zero-order valence-electron chi connectivity index (χ0n) is 31.3. The van der Waals surface area contributed by atoms with Crippen LogP contribution in [0.5, 0.6) is 0 Å². The highest BCUT2D eigenvalue weighted by molar-refractivity contribution is 6.10. The molecule has 9 aromatic carbocycles. The Kier molecular flexibility index (Phi) is 7.75. The maximum atomic E-state index is 2.46. The molecule has 0 bridgehead atoms. The molecule has 0 saturated heterocycles. The molecule has 2 nitrogen and oxygen atoms in total. The van der Waals surface area contributed by atoms with E-state index in [2.05, 4.69) is 240 Å². The van der Waals surface area contributed by atoms with Crippen molar-refractivity contribution < 1.29 is 0 Å². The third-order valence-corrected chi connectivity index (χ3v) is 11.8. The number of nitrogens with zero attached hydrogens (tertiary/aromatic N) is 2. The standard InChI is InChI=1S/C55H38N2/c1-5-18-39(19-6-1)40-20-17-23-42(36-40)55(41-21-7-2-8-22-41)51-30-15-13-28-47(51)48-34-32-45(37-52(48)55)56(43-24-9-3-10-25-43)46-33-35-50-49-29-14-16-31-53(49)57(54(50)38-46)44-26-11-4-12-27-44/h1-38H. The van der Waals surface area contributed by atoms with Gasteiger partial charge in [-0.15, -0.1) is 0 Å². The van der Waals surface area contributed by atoms with Gasteiger partial charge in [-0.1, -0.05) is 170 Å².